The van der Waals surface area contributed by atoms with E-state index in [1.165, 1.54) is 24.3 Å². The summed E-state index contributed by atoms with van der Waals surface area (Å²) in [7, 11) is -3.73. The summed E-state index contributed by atoms with van der Waals surface area (Å²) in [6, 6.07) is 5.10. The highest BCUT2D eigenvalue weighted by atomic mass is 31.2. The van der Waals surface area contributed by atoms with Gasteiger partial charge in [-0.15, -0.1) is 0 Å². The first-order chi connectivity index (χ1) is 8.74. The zero-order chi connectivity index (χ0) is 14.6. The smallest absolute Gasteiger partial charge is 0.363 e. The van der Waals surface area contributed by atoms with Crippen molar-refractivity contribution >= 4 is 7.60 Å². The van der Waals surface area contributed by atoms with Crippen LogP contribution in [0.15, 0.2) is 24.3 Å². The van der Waals surface area contributed by atoms with Crippen LogP contribution in [0.3, 0.4) is 0 Å². The number of aliphatic hydroxyl groups excluding tert-OH is 1. The van der Waals surface area contributed by atoms with Crippen molar-refractivity contribution in [2.75, 3.05) is 0 Å². The van der Waals surface area contributed by atoms with E-state index in [0.717, 1.165) is 0 Å². The Morgan fingerprint density at radius 3 is 1.84 bits per heavy atom. The van der Waals surface area contributed by atoms with E-state index in [4.69, 9.17) is 9.05 Å². The zero-order valence-corrected chi connectivity index (χ0v) is 12.4. The second-order valence-electron chi connectivity index (χ2n) is 4.77. The van der Waals surface area contributed by atoms with Crippen LogP contribution in [-0.2, 0) is 13.6 Å². The molecule has 0 heterocycles. The van der Waals surface area contributed by atoms with Gasteiger partial charge in [0.25, 0.3) is 0 Å². The van der Waals surface area contributed by atoms with Gasteiger partial charge in [0.15, 0.2) is 5.85 Å². The van der Waals surface area contributed by atoms with Crippen LogP contribution in [0.1, 0.15) is 39.1 Å². The maximum absolute atomic E-state index is 12.9. The molecule has 0 unspecified atom stereocenters. The van der Waals surface area contributed by atoms with Crippen LogP contribution in [0, 0.1) is 5.82 Å². The molecule has 0 aliphatic heterocycles. The summed E-state index contributed by atoms with van der Waals surface area (Å²) in [6.45, 7) is 6.81. The van der Waals surface area contributed by atoms with Crippen LogP contribution < -0.4 is 0 Å². The molecule has 0 amide bonds. The van der Waals surface area contributed by atoms with Gasteiger partial charge in [-0.1, -0.05) is 12.1 Å². The number of hydrogen-bond donors (Lipinski definition) is 1. The van der Waals surface area contributed by atoms with Crippen molar-refractivity contribution in [3.63, 3.8) is 0 Å². The molecule has 0 aliphatic carbocycles. The standard InChI is InChI=1S/C13H20FO4P/c1-9(2)17-19(16,18-10(3)4)13(15)11-5-7-12(14)8-6-11/h5-10,13,15H,1-4H3/t13-/m0/s1. The summed E-state index contributed by atoms with van der Waals surface area (Å²) in [4.78, 5) is 0. The lowest BCUT2D eigenvalue weighted by atomic mass is 10.2. The highest BCUT2D eigenvalue weighted by Crippen LogP contribution is 2.61. The number of halogens is 1. The van der Waals surface area contributed by atoms with Gasteiger partial charge in [0.05, 0.1) is 12.2 Å². The first-order valence-corrected chi connectivity index (χ1v) is 7.76. The monoisotopic (exact) mass is 290 g/mol. The summed E-state index contributed by atoms with van der Waals surface area (Å²) in [6.07, 6.45) is -0.723. The van der Waals surface area contributed by atoms with Gasteiger partial charge in [-0.3, -0.25) is 4.57 Å². The van der Waals surface area contributed by atoms with E-state index in [9.17, 15) is 14.1 Å². The first kappa shape index (κ1) is 16.3. The predicted octanol–water partition coefficient (Wildman–Crippen LogP) is 3.86. The van der Waals surface area contributed by atoms with Crippen molar-refractivity contribution < 1.29 is 23.1 Å². The molecule has 0 bridgehead atoms. The lowest BCUT2D eigenvalue weighted by Crippen LogP contribution is -2.13. The third kappa shape index (κ3) is 4.69. The molecular weight excluding hydrogens is 270 g/mol. The molecule has 0 aliphatic rings. The van der Waals surface area contributed by atoms with Crippen molar-refractivity contribution in [3.8, 4) is 0 Å². The average Bonchev–Trinajstić information content (AvgIpc) is 2.26. The van der Waals surface area contributed by atoms with Gasteiger partial charge in [-0.2, -0.15) is 0 Å². The van der Waals surface area contributed by atoms with Crippen molar-refractivity contribution in [1.29, 1.82) is 0 Å². The summed E-state index contributed by atoms with van der Waals surface area (Å²) in [5.74, 6) is -1.86. The molecule has 0 fully saturated rings. The van der Waals surface area contributed by atoms with E-state index in [0.29, 0.717) is 5.56 Å². The van der Waals surface area contributed by atoms with E-state index in [2.05, 4.69) is 0 Å². The molecule has 1 N–H and O–H groups in total. The third-order valence-electron chi connectivity index (χ3n) is 2.18. The third-order valence-corrected chi connectivity index (χ3v) is 4.51. The van der Waals surface area contributed by atoms with Crippen LogP contribution in [0.4, 0.5) is 4.39 Å². The van der Waals surface area contributed by atoms with Gasteiger partial charge in [-0.25, -0.2) is 4.39 Å². The van der Waals surface area contributed by atoms with Crippen LogP contribution >= 0.6 is 7.60 Å². The van der Waals surface area contributed by atoms with Crippen molar-refractivity contribution in [2.45, 2.75) is 45.7 Å². The lowest BCUT2D eigenvalue weighted by Gasteiger charge is -2.26. The number of rotatable bonds is 6. The lowest BCUT2D eigenvalue weighted by molar-refractivity contribution is 0.101. The molecule has 0 spiro atoms. The Kier molecular flexibility index (Phi) is 5.68. The summed E-state index contributed by atoms with van der Waals surface area (Å²) in [5, 5.41) is 10.2. The normalized spacial score (nSPS) is 14.1. The summed E-state index contributed by atoms with van der Waals surface area (Å²) >= 11 is 0. The molecule has 6 heteroatoms. The Bertz CT molecular complexity index is 430. The first-order valence-electron chi connectivity index (χ1n) is 6.14. The Labute approximate surface area is 113 Å². The van der Waals surface area contributed by atoms with Crippen LogP contribution in [-0.4, -0.2) is 17.3 Å². The van der Waals surface area contributed by atoms with Gasteiger partial charge in [0.1, 0.15) is 5.82 Å². The van der Waals surface area contributed by atoms with E-state index >= 15 is 0 Å². The summed E-state index contributed by atoms with van der Waals surface area (Å²) < 4.78 is 36.1. The fourth-order valence-electron chi connectivity index (χ4n) is 1.55. The minimum absolute atomic E-state index is 0.297. The number of hydrogen-bond acceptors (Lipinski definition) is 4. The predicted molar refractivity (Wildman–Crippen MR) is 71.4 cm³/mol. The Balaban J connectivity index is 3.03. The average molecular weight is 290 g/mol. The van der Waals surface area contributed by atoms with E-state index in [-0.39, 0.29) is 12.2 Å². The molecule has 1 aromatic rings. The molecule has 19 heavy (non-hydrogen) atoms. The van der Waals surface area contributed by atoms with E-state index < -0.39 is 19.3 Å². The number of aliphatic hydroxyl groups is 1. The van der Waals surface area contributed by atoms with Crippen LogP contribution in [0.5, 0.6) is 0 Å². The maximum Gasteiger partial charge on any atom is 0.363 e. The Hall–Kier alpha value is -0.740. The maximum atomic E-state index is 12.9. The molecule has 1 aromatic carbocycles. The van der Waals surface area contributed by atoms with Gasteiger partial charge in [-0.05, 0) is 45.4 Å². The van der Waals surface area contributed by atoms with Crippen LogP contribution in [0.2, 0.25) is 0 Å². The van der Waals surface area contributed by atoms with E-state index in [1.54, 1.807) is 27.7 Å². The number of benzene rings is 1. The van der Waals surface area contributed by atoms with Crippen LogP contribution in [0.25, 0.3) is 0 Å². The van der Waals surface area contributed by atoms with Crippen molar-refractivity contribution in [2.24, 2.45) is 0 Å². The largest absolute Gasteiger partial charge is 0.376 e. The molecule has 4 nitrogen and oxygen atoms in total. The fraction of sp³-hybridized carbons (Fsp3) is 0.538. The topological polar surface area (TPSA) is 55.8 Å². The second-order valence-corrected chi connectivity index (χ2v) is 6.76. The SMILES string of the molecule is CC(C)OP(=O)(OC(C)C)[C@H](O)c1ccc(F)cc1. The molecule has 0 aromatic heterocycles. The molecule has 0 radical (unpaired) electrons. The molecule has 0 saturated heterocycles. The Morgan fingerprint density at radius 1 is 1.05 bits per heavy atom. The molecule has 108 valence electrons. The molecular formula is C13H20FO4P. The molecule has 1 rings (SSSR count). The highest BCUT2D eigenvalue weighted by Gasteiger charge is 2.37. The zero-order valence-electron chi connectivity index (χ0n) is 11.5. The second kappa shape index (κ2) is 6.62. The fourth-order valence-corrected chi connectivity index (χ4v) is 3.54. The molecule has 0 saturated carbocycles. The van der Waals surface area contributed by atoms with E-state index in [1.807, 2.05) is 0 Å². The van der Waals surface area contributed by atoms with Crippen molar-refractivity contribution in [3.05, 3.63) is 35.6 Å². The minimum Gasteiger partial charge on any atom is -0.376 e. The van der Waals surface area contributed by atoms with Gasteiger partial charge in [0, 0.05) is 0 Å². The molecule has 1 atom stereocenters. The quantitative estimate of drug-likeness (QED) is 0.808. The van der Waals surface area contributed by atoms with Gasteiger partial charge < -0.3 is 14.2 Å². The highest BCUT2D eigenvalue weighted by molar-refractivity contribution is 7.54. The van der Waals surface area contributed by atoms with Gasteiger partial charge >= 0.3 is 7.60 Å². The Morgan fingerprint density at radius 2 is 1.47 bits per heavy atom. The van der Waals surface area contributed by atoms with Crippen molar-refractivity contribution in [1.82, 2.24) is 0 Å². The minimum atomic E-state index is -3.73. The van der Waals surface area contributed by atoms with Gasteiger partial charge in [0.2, 0.25) is 0 Å². The summed E-state index contributed by atoms with van der Waals surface area (Å²) in [5.41, 5.74) is 0.297.